The molecule has 0 saturated carbocycles. The third-order valence-corrected chi connectivity index (χ3v) is 25.7. The van der Waals surface area contributed by atoms with Crippen molar-refractivity contribution >= 4 is 16.8 Å². The maximum atomic E-state index is 7.40. The van der Waals surface area contributed by atoms with Crippen LogP contribution in [-0.2, 0) is 22.7 Å². The predicted octanol–water partition coefficient (Wildman–Crippen LogP) is 27.2. The molecule has 16 aromatic carbocycles. The minimum absolute atomic E-state index is 0.150. The molecule has 0 saturated heterocycles. The van der Waals surface area contributed by atoms with Gasteiger partial charge in [0.25, 0.3) is 0 Å². The first-order valence-electron chi connectivity index (χ1n) is 40.1. The Morgan fingerprint density at radius 1 is 0.241 bits per heavy atom. The molecule has 2 aromatic heterocycles. The highest BCUT2D eigenvalue weighted by Crippen LogP contribution is 2.65. The first kappa shape index (κ1) is 65.9. The van der Waals surface area contributed by atoms with Crippen molar-refractivity contribution < 1.29 is 9.47 Å². The molecule has 0 amide bonds. The average Bonchev–Trinajstić information content (AvgIpc) is 1.45. The normalized spacial score (nSPS) is 14.2. The summed E-state index contributed by atoms with van der Waals surface area (Å²) in [5, 5.41) is 2.50. The SMILES string of the molecule is CC1(C)c2ccccc2-c2ccc(-c3cc(-c4ccc(-c5ccc6c(c5)Oc5cc(-c7ccc(-c8nc(-c9ccc(-c%10ccc%11c(c%10)Oc%10ccccc%10C%11%10c%11ccccc%11-c%11ccccc%11%10)cc9)cc(-c9cc%10c%11c(cccc%11c9)CC=C%10)n8)cc7)ccc5C65c6ccccc6-c6ccccc65)cc4)nc(-c4ccccc4)n3)cc21. The summed E-state index contributed by atoms with van der Waals surface area (Å²) in [5.41, 5.74) is 36.7. The molecule has 0 atom stereocenters. The largest absolute Gasteiger partial charge is 0.457 e. The van der Waals surface area contributed by atoms with Crippen LogP contribution in [0.2, 0.25) is 0 Å². The Hall–Kier alpha value is -14.7. The third kappa shape index (κ3) is 9.77. The molecule has 0 bridgehead atoms. The Morgan fingerprint density at radius 3 is 1.12 bits per heavy atom. The van der Waals surface area contributed by atoms with Crippen LogP contribution in [0.5, 0.6) is 23.0 Å². The van der Waals surface area contributed by atoms with Crippen molar-refractivity contribution in [1.29, 1.82) is 0 Å². The number of benzene rings is 16. The van der Waals surface area contributed by atoms with Gasteiger partial charge in [-0.3, -0.25) is 0 Å². The van der Waals surface area contributed by atoms with E-state index in [2.05, 4.69) is 384 Å². The van der Waals surface area contributed by atoms with E-state index in [1.165, 1.54) is 88.7 Å². The van der Waals surface area contributed by atoms with Gasteiger partial charge in [0.15, 0.2) is 11.6 Å². The average molecular weight is 1480 g/mol. The zero-order valence-corrected chi connectivity index (χ0v) is 63.6. The minimum Gasteiger partial charge on any atom is -0.457 e. The number of aromatic nitrogens is 4. The number of fused-ring (bicyclic) bond motifs is 21. The second kappa shape index (κ2) is 25.1. The molecule has 4 aliphatic carbocycles. The zero-order chi connectivity index (χ0) is 76.5. The maximum absolute atomic E-state index is 7.40. The van der Waals surface area contributed by atoms with E-state index in [1.807, 2.05) is 6.07 Å². The molecule has 0 unspecified atom stereocenters. The summed E-state index contributed by atoms with van der Waals surface area (Å²) in [6.07, 6.45) is 5.44. The fraction of sp³-hybridized carbons (Fsp3) is 0.0545. The second-order valence-electron chi connectivity index (χ2n) is 32.2. The molecular formula is C110H70N4O2. The van der Waals surface area contributed by atoms with Gasteiger partial charge in [-0.15, -0.1) is 0 Å². The summed E-state index contributed by atoms with van der Waals surface area (Å²) in [6, 6.07) is 132. The summed E-state index contributed by atoms with van der Waals surface area (Å²) < 4.78 is 14.3. The lowest BCUT2D eigenvalue weighted by Crippen LogP contribution is -2.32. The number of para-hydroxylation sites is 1. The van der Waals surface area contributed by atoms with Gasteiger partial charge in [-0.2, -0.15) is 0 Å². The lowest BCUT2D eigenvalue weighted by molar-refractivity contribution is 0.436. The summed E-state index contributed by atoms with van der Waals surface area (Å²) in [5.74, 6) is 4.68. The number of hydrogen-bond donors (Lipinski definition) is 0. The number of hydrogen-bond acceptors (Lipinski definition) is 6. The van der Waals surface area contributed by atoms with E-state index >= 15 is 0 Å². The van der Waals surface area contributed by atoms with Crippen molar-refractivity contribution in [3.8, 4) is 158 Å². The molecule has 0 fully saturated rings. The lowest BCUT2D eigenvalue weighted by atomic mass is 9.65. The standard InChI is InChI=1S/C110H70N4O2/c1-108(2)87-31-11-6-26-81(87)86-54-50-77(60-96(86)108)99-64-97(111-106(113-99)72-20-4-3-5-21-72)69-44-38-67(39-45-69)75-52-56-94-103(62-75)116-104-63-76(53-57-95(104)110(94)90-34-14-9-29-84(90)85-30-10-15-35-91(85)110)68-42-48-73(49-43-68)107-112-98(65-100(114-107)80-58-78-24-18-22-71-23-19-25-79(59-80)105(71)78)70-46-40-66(41-47-70)74-51-55-93-102(61-74)115-101-37-17-16-36-92(101)109(93)88-32-12-7-27-82(88)83-28-8-13-33-89(83)109/h3-22,24-65H,23H2,1-2H3. The summed E-state index contributed by atoms with van der Waals surface area (Å²) in [7, 11) is 0. The molecule has 4 heterocycles. The maximum Gasteiger partial charge on any atom is 0.160 e. The lowest BCUT2D eigenvalue weighted by Gasteiger charge is -2.39. The van der Waals surface area contributed by atoms with Crippen LogP contribution >= 0.6 is 0 Å². The van der Waals surface area contributed by atoms with Crippen LogP contribution in [0.25, 0.3) is 151 Å². The highest BCUT2D eigenvalue weighted by molar-refractivity contribution is 5.99. The third-order valence-electron chi connectivity index (χ3n) is 25.7. The van der Waals surface area contributed by atoms with E-state index in [1.54, 1.807) is 0 Å². The van der Waals surface area contributed by atoms with Gasteiger partial charge in [-0.05, 0) is 183 Å². The molecular weight excluding hydrogens is 1410 g/mol. The first-order chi connectivity index (χ1) is 57.2. The van der Waals surface area contributed by atoms with E-state index in [0.29, 0.717) is 11.6 Å². The van der Waals surface area contributed by atoms with E-state index in [-0.39, 0.29) is 5.41 Å². The fourth-order valence-corrected chi connectivity index (χ4v) is 20.3. The van der Waals surface area contributed by atoms with Gasteiger partial charge in [0.05, 0.1) is 33.6 Å². The van der Waals surface area contributed by atoms with Crippen molar-refractivity contribution in [2.75, 3.05) is 0 Å². The Balaban J connectivity index is 0.575. The molecule has 116 heavy (non-hydrogen) atoms. The first-order valence-corrected chi connectivity index (χ1v) is 40.1. The van der Waals surface area contributed by atoms with Gasteiger partial charge in [-0.25, -0.2) is 19.9 Å². The minimum atomic E-state index is -0.660. The smallest absolute Gasteiger partial charge is 0.160 e. The van der Waals surface area contributed by atoms with Crippen molar-refractivity contribution in [2.45, 2.75) is 36.5 Å². The van der Waals surface area contributed by atoms with Crippen molar-refractivity contribution in [2.24, 2.45) is 0 Å². The van der Waals surface area contributed by atoms with Crippen LogP contribution in [0.1, 0.15) is 80.6 Å². The topological polar surface area (TPSA) is 70.0 Å². The van der Waals surface area contributed by atoms with Gasteiger partial charge in [0, 0.05) is 61.0 Å². The zero-order valence-electron chi connectivity index (χ0n) is 63.6. The Labute approximate surface area is 672 Å². The van der Waals surface area contributed by atoms with Crippen LogP contribution in [-0.4, -0.2) is 19.9 Å². The van der Waals surface area contributed by atoms with Gasteiger partial charge in [-0.1, -0.05) is 335 Å². The second-order valence-corrected chi connectivity index (χ2v) is 32.2. The van der Waals surface area contributed by atoms with Gasteiger partial charge in [0.2, 0.25) is 0 Å². The van der Waals surface area contributed by atoms with E-state index in [0.717, 1.165) is 141 Å². The molecule has 24 rings (SSSR count). The highest BCUT2D eigenvalue weighted by Gasteiger charge is 2.53. The van der Waals surface area contributed by atoms with E-state index < -0.39 is 10.8 Å². The summed E-state index contributed by atoms with van der Waals surface area (Å²) >= 11 is 0. The molecule has 2 spiro atoms. The fourth-order valence-electron chi connectivity index (χ4n) is 20.3. The Bertz CT molecular complexity index is 7160. The van der Waals surface area contributed by atoms with Crippen molar-refractivity contribution in [1.82, 2.24) is 19.9 Å². The summed E-state index contributed by atoms with van der Waals surface area (Å²) in [4.78, 5) is 21.5. The van der Waals surface area contributed by atoms with Crippen LogP contribution < -0.4 is 9.47 Å². The number of nitrogens with zero attached hydrogens (tertiary/aromatic N) is 4. The Morgan fingerprint density at radius 2 is 0.612 bits per heavy atom. The van der Waals surface area contributed by atoms with E-state index in [4.69, 9.17) is 29.4 Å². The Kier molecular flexibility index (Phi) is 14.3. The molecule has 0 radical (unpaired) electrons. The quantitative estimate of drug-likeness (QED) is 0.143. The predicted molar refractivity (Wildman–Crippen MR) is 469 cm³/mol. The van der Waals surface area contributed by atoms with Gasteiger partial charge in [0.1, 0.15) is 23.0 Å². The number of rotatable bonds is 9. The van der Waals surface area contributed by atoms with Crippen LogP contribution in [0.3, 0.4) is 0 Å². The van der Waals surface area contributed by atoms with Crippen LogP contribution in [0.15, 0.2) is 370 Å². The number of ether oxygens (including phenoxy) is 2. The molecule has 542 valence electrons. The van der Waals surface area contributed by atoms with Gasteiger partial charge >= 0.3 is 0 Å². The van der Waals surface area contributed by atoms with Crippen molar-refractivity contribution in [3.05, 3.63) is 437 Å². The number of allylic oxidation sites excluding steroid dienone is 1. The van der Waals surface area contributed by atoms with Crippen LogP contribution in [0, 0.1) is 0 Å². The molecule has 6 aliphatic rings. The van der Waals surface area contributed by atoms with E-state index in [9.17, 15) is 0 Å². The van der Waals surface area contributed by atoms with Gasteiger partial charge < -0.3 is 9.47 Å². The van der Waals surface area contributed by atoms with Crippen LogP contribution in [0.4, 0.5) is 0 Å². The van der Waals surface area contributed by atoms with Crippen molar-refractivity contribution in [3.63, 3.8) is 0 Å². The molecule has 18 aromatic rings. The summed E-state index contributed by atoms with van der Waals surface area (Å²) in [6.45, 7) is 4.65. The molecule has 6 nitrogen and oxygen atoms in total. The monoisotopic (exact) mass is 1480 g/mol. The molecule has 2 aliphatic heterocycles. The molecule has 0 N–H and O–H groups in total. The molecule has 6 heteroatoms. The highest BCUT2D eigenvalue weighted by atomic mass is 16.5.